The number of aryl methyl sites for hydroxylation is 1. The Labute approximate surface area is 205 Å². The number of nitrogens with one attached hydrogen (secondary N) is 2. The van der Waals surface area contributed by atoms with E-state index in [1.54, 1.807) is 74.8 Å². The van der Waals surface area contributed by atoms with Crippen LogP contribution in [0, 0.1) is 0 Å². The standard InChI is InChI=1S/C26H29N3O5S/c1-4-17-7-10-20(11-8-17)35(32,33)29-23-21-14-19(9-12-22(21)34-26(2,3)24(23)30)25(31)28-16-18-6-5-13-27-15-18/h5-15,23-24,29-30H,4,16H2,1-3H3,(H,28,31)/t23-,24+/m1/s1. The second kappa shape index (κ2) is 9.77. The van der Waals surface area contributed by atoms with Gasteiger partial charge in [0.15, 0.2) is 0 Å². The van der Waals surface area contributed by atoms with E-state index in [9.17, 15) is 18.3 Å². The van der Waals surface area contributed by atoms with Gasteiger partial charge >= 0.3 is 0 Å². The highest BCUT2D eigenvalue weighted by molar-refractivity contribution is 7.89. The Hall–Kier alpha value is -3.27. The number of benzene rings is 2. The van der Waals surface area contributed by atoms with E-state index in [-0.39, 0.29) is 10.8 Å². The topological polar surface area (TPSA) is 118 Å². The fourth-order valence-corrected chi connectivity index (χ4v) is 5.22. The van der Waals surface area contributed by atoms with E-state index in [1.165, 1.54) is 0 Å². The number of aliphatic hydroxyl groups is 1. The molecule has 8 nitrogen and oxygen atoms in total. The number of aliphatic hydroxyl groups excluding tert-OH is 1. The first-order valence-electron chi connectivity index (χ1n) is 11.4. The summed E-state index contributed by atoms with van der Waals surface area (Å²) >= 11 is 0. The van der Waals surface area contributed by atoms with Gasteiger partial charge in [-0.2, -0.15) is 0 Å². The maximum absolute atomic E-state index is 13.2. The van der Waals surface area contributed by atoms with Crippen LogP contribution in [0.4, 0.5) is 0 Å². The third-order valence-corrected chi connectivity index (χ3v) is 7.56. The number of carbonyl (C=O) groups excluding carboxylic acids is 1. The Bertz CT molecular complexity index is 1310. The molecule has 0 bridgehead atoms. The van der Waals surface area contributed by atoms with Crippen molar-refractivity contribution < 1.29 is 23.1 Å². The summed E-state index contributed by atoms with van der Waals surface area (Å²) in [6, 6.07) is 14.0. The Kier molecular flexibility index (Phi) is 6.93. The van der Waals surface area contributed by atoms with Crippen LogP contribution in [-0.4, -0.2) is 36.1 Å². The number of pyridine rings is 1. The molecule has 2 atom stereocenters. The van der Waals surface area contributed by atoms with Crippen LogP contribution in [0.3, 0.4) is 0 Å². The summed E-state index contributed by atoms with van der Waals surface area (Å²) in [6.45, 7) is 5.66. The van der Waals surface area contributed by atoms with Gasteiger partial charge in [0.05, 0.1) is 10.9 Å². The molecule has 0 aliphatic carbocycles. The van der Waals surface area contributed by atoms with Crippen LogP contribution < -0.4 is 14.8 Å². The monoisotopic (exact) mass is 495 g/mol. The van der Waals surface area contributed by atoms with Gasteiger partial charge in [0.2, 0.25) is 10.0 Å². The molecule has 0 saturated heterocycles. The molecule has 9 heteroatoms. The van der Waals surface area contributed by atoms with Crippen molar-refractivity contribution in [3.8, 4) is 5.75 Å². The van der Waals surface area contributed by atoms with Crippen LogP contribution in [0.5, 0.6) is 5.75 Å². The fourth-order valence-electron chi connectivity index (χ4n) is 4.00. The maximum atomic E-state index is 13.2. The first-order valence-corrected chi connectivity index (χ1v) is 12.9. The Morgan fingerprint density at radius 1 is 1.11 bits per heavy atom. The lowest BCUT2D eigenvalue weighted by Gasteiger charge is -2.42. The van der Waals surface area contributed by atoms with Gasteiger partial charge in [-0.3, -0.25) is 9.78 Å². The van der Waals surface area contributed by atoms with Gasteiger partial charge in [0.25, 0.3) is 5.91 Å². The highest BCUT2D eigenvalue weighted by Gasteiger charge is 2.44. The quantitative estimate of drug-likeness (QED) is 0.464. The zero-order valence-corrected chi connectivity index (χ0v) is 20.7. The molecular formula is C26H29N3O5S. The summed E-state index contributed by atoms with van der Waals surface area (Å²) < 4.78 is 35.0. The second-order valence-corrected chi connectivity index (χ2v) is 10.8. The molecule has 0 unspecified atom stereocenters. The molecule has 2 aromatic carbocycles. The second-order valence-electron chi connectivity index (χ2n) is 9.04. The van der Waals surface area contributed by atoms with Crippen LogP contribution in [0.25, 0.3) is 0 Å². The van der Waals surface area contributed by atoms with Crippen molar-refractivity contribution in [1.82, 2.24) is 15.0 Å². The molecule has 0 radical (unpaired) electrons. The van der Waals surface area contributed by atoms with Crippen LogP contribution in [0.1, 0.15) is 53.9 Å². The highest BCUT2D eigenvalue weighted by Crippen LogP contribution is 2.41. The molecule has 0 saturated carbocycles. The van der Waals surface area contributed by atoms with Gasteiger partial charge in [-0.1, -0.05) is 25.1 Å². The molecule has 0 spiro atoms. The molecule has 0 fully saturated rings. The minimum absolute atomic E-state index is 0.0955. The van der Waals surface area contributed by atoms with Crippen molar-refractivity contribution in [2.45, 2.75) is 56.4 Å². The van der Waals surface area contributed by atoms with Crippen LogP contribution in [-0.2, 0) is 23.0 Å². The molecule has 1 aliphatic heterocycles. The third kappa shape index (κ3) is 5.37. The average molecular weight is 496 g/mol. The van der Waals surface area contributed by atoms with Crippen molar-refractivity contribution >= 4 is 15.9 Å². The molecule has 1 amide bonds. The first-order chi connectivity index (χ1) is 16.6. The number of carbonyl (C=O) groups is 1. The van der Waals surface area contributed by atoms with Crippen molar-refractivity contribution in [2.24, 2.45) is 0 Å². The highest BCUT2D eigenvalue weighted by atomic mass is 32.2. The van der Waals surface area contributed by atoms with Gasteiger partial charge in [-0.05, 0) is 67.8 Å². The molecule has 3 N–H and O–H groups in total. The van der Waals surface area contributed by atoms with Gasteiger partial charge in [0.1, 0.15) is 17.5 Å². The Balaban J connectivity index is 1.63. The number of aromatic nitrogens is 1. The minimum Gasteiger partial charge on any atom is -0.485 e. The number of hydrogen-bond acceptors (Lipinski definition) is 6. The molecule has 3 aromatic rings. The minimum atomic E-state index is -3.96. The molecule has 35 heavy (non-hydrogen) atoms. The number of hydrogen-bond donors (Lipinski definition) is 3. The van der Waals surface area contributed by atoms with Crippen molar-refractivity contribution in [3.63, 3.8) is 0 Å². The SMILES string of the molecule is CCc1ccc(S(=O)(=O)N[C@@H]2c3cc(C(=O)NCc4cccnc4)ccc3OC(C)(C)[C@H]2O)cc1. The van der Waals surface area contributed by atoms with E-state index >= 15 is 0 Å². The number of sulfonamides is 1. The zero-order valence-electron chi connectivity index (χ0n) is 19.9. The number of nitrogens with zero attached hydrogens (tertiary/aromatic N) is 1. The number of rotatable bonds is 7. The van der Waals surface area contributed by atoms with Gasteiger partial charge in [-0.15, -0.1) is 0 Å². The van der Waals surface area contributed by atoms with E-state index in [0.717, 1.165) is 17.5 Å². The van der Waals surface area contributed by atoms with E-state index in [4.69, 9.17) is 4.74 Å². The van der Waals surface area contributed by atoms with E-state index in [1.807, 2.05) is 13.0 Å². The van der Waals surface area contributed by atoms with Crippen LogP contribution >= 0.6 is 0 Å². The molecular weight excluding hydrogens is 466 g/mol. The van der Waals surface area contributed by atoms with Gasteiger partial charge < -0.3 is 15.2 Å². The average Bonchev–Trinajstić information content (AvgIpc) is 2.85. The predicted octanol–water partition coefficient (Wildman–Crippen LogP) is 3.13. The maximum Gasteiger partial charge on any atom is 0.251 e. The Morgan fingerprint density at radius 3 is 2.51 bits per heavy atom. The predicted molar refractivity (Wildman–Crippen MR) is 131 cm³/mol. The van der Waals surface area contributed by atoms with E-state index in [0.29, 0.717) is 23.4 Å². The molecule has 1 aromatic heterocycles. The normalized spacial score (nSPS) is 18.9. The summed E-state index contributed by atoms with van der Waals surface area (Å²) in [4.78, 5) is 16.9. The fraction of sp³-hybridized carbons (Fsp3) is 0.308. The molecule has 4 rings (SSSR count). The number of ether oxygens (including phenoxy) is 1. The summed E-state index contributed by atoms with van der Waals surface area (Å²) in [5, 5.41) is 13.9. The van der Waals surface area contributed by atoms with E-state index in [2.05, 4.69) is 15.0 Å². The van der Waals surface area contributed by atoms with Crippen molar-refractivity contribution in [2.75, 3.05) is 0 Å². The lowest BCUT2D eigenvalue weighted by molar-refractivity contribution is -0.0603. The van der Waals surface area contributed by atoms with Crippen molar-refractivity contribution in [1.29, 1.82) is 0 Å². The summed E-state index contributed by atoms with van der Waals surface area (Å²) in [7, 11) is -3.96. The van der Waals surface area contributed by atoms with E-state index < -0.39 is 27.8 Å². The van der Waals surface area contributed by atoms with Crippen LogP contribution in [0.2, 0.25) is 0 Å². The number of fused-ring (bicyclic) bond motifs is 1. The first kappa shape index (κ1) is 24.8. The Morgan fingerprint density at radius 2 is 1.86 bits per heavy atom. The summed E-state index contributed by atoms with van der Waals surface area (Å²) in [6.07, 6.45) is 2.91. The lowest BCUT2D eigenvalue weighted by Crippen LogP contribution is -2.53. The largest absolute Gasteiger partial charge is 0.485 e. The summed E-state index contributed by atoms with van der Waals surface area (Å²) in [5.74, 6) is 0.0610. The van der Waals surface area contributed by atoms with Gasteiger partial charge in [0, 0.05) is 30.1 Å². The molecule has 1 aliphatic rings. The smallest absolute Gasteiger partial charge is 0.251 e. The third-order valence-electron chi connectivity index (χ3n) is 6.11. The summed E-state index contributed by atoms with van der Waals surface area (Å²) in [5.41, 5.74) is 1.51. The lowest BCUT2D eigenvalue weighted by atomic mass is 9.86. The van der Waals surface area contributed by atoms with Crippen molar-refractivity contribution in [3.05, 3.63) is 89.2 Å². The molecule has 2 heterocycles. The molecule has 184 valence electrons. The zero-order chi connectivity index (χ0) is 25.2. The number of amides is 1. The van der Waals surface area contributed by atoms with Gasteiger partial charge in [-0.25, -0.2) is 13.1 Å². The van der Waals surface area contributed by atoms with Crippen LogP contribution in [0.15, 0.2) is 71.9 Å².